The second-order valence-corrected chi connectivity index (χ2v) is 5.30. The van der Waals surface area contributed by atoms with Crippen LogP contribution in [0.2, 0.25) is 0 Å². The SMILES string of the molecule is COc1ccc2c(OC)c(=O)[nH]c3c2c1-c1ccccc1C3=O. The summed E-state index contributed by atoms with van der Waals surface area (Å²) in [5, 5.41) is 1.26. The van der Waals surface area contributed by atoms with Crippen molar-refractivity contribution in [3.05, 3.63) is 58.0 Å². The molecule has 23 heavy (non-hydrogen) atoms. The minimum atomic E-state index is -0.418. The lowest BCUT2D eigenvalue weighted by Gasteiger charge is -2.22. The third kappa shape index (κ3) is 1.67. The highest BCUT2D eigenvalue weighted by Gasteiger charge is 2.30. The van der Waals surface area contributed by atoms with Gasteiger partial charge < -0.3 is 14.5 Å². The van der Waals surface area contributed by atoms with Gasteiger partial charge in [0.25, 0.3) is 5.56 Å². The minimum Gasteiger partial charge on any atom is -0.496 e. The molecule has 0 fully saturated rings. The average Bonchev–Trinajstić information content (AvgIpc) is 2.58. The smallest absolute Gasteiger partial charge is 0.291 e. The van der Waals surface area contributed by atoms with Gasteiger partial charge >= 0.3 is 0 Å². The Kier molecular flexibility index (Phi) is 2.78. The van der Waals surface area contributed by atoms with Crippen LogP contribution in [0.4, 0.5) is 0 Å². The van der Waals surface area contributed by atoms with Gasteiger partial charge in [0.15, 0.2) is 5.75 Å². The van der Waals surface area contributed by atoms with Gasteiger partial charge in [-0.25, -0.2) is 0 Å². The third-order valence-electron chi connectivity index (χ3n) is 4.20. The van der Waals surface area contributed by atoms with E-state index in [-0.39, 0.29) is 17.2 Å². The Bertz CT molecular complexity index is 1030. The maximum atomic E-state index is 12.8. The monoisotopic (exact) mass is 307 g/mol. The summed E-state index contributed by atoms with van der Waals surface area (Å²) < 4.78 is 10.7. The lowest BCUT2D eigenvalue weighted by molar-refractivity contribution is 0.103. The molecule has 0 radical (unpaired) electrons. The number of aromatic nitrogens is 1. The number of carbonyl (C=O) groups excluding carboxylic acids is 1. The number of nitrogens with one attached hydrogen (secondary N) is 1. The highest BCUT2D eigenvalue weighted by atomic mass is 16.5. The second-order valence-electron chi connectivity index (χ2n) is 5.30. The van der Waals surface area contributed by atoms with Crippen LogP contribution in [0.5, 0.6) is 11.5 Å². The topological polar surface area (TPSA) is 68.4 Å². The molecule has 1 aromatic heterocycles. The number of rotatable bonds is 2. The van der Waals surface area contributed by atoms with Crippen molar-refractivity contribution < 1.29 is 14.3 Å². The Labute approximate surface area is 131 Å². The van der Waals surface area contributed by atoms with E-state index in [0.29, 0.717) is 22.1 Å². The highest BCUT2D eigenvalue weighted by molar-refractivity contribution is 6.26. The molecule has 1 aliphatic carbocycles. The molecule has 114 valence electrons. The van der Waals surface area contributed by atoms with Gasteiger partial charge in [0.1, 0.15) is 5.75 Å². The molecule has 0 atom stereocenters. The number of aromatic amines is 1. The van der Waals surface area contributed by atoms with Crippen LogP contribution in [0.3, 0.4) is 0 Å². The van der Waals surface area contributed by atoms with Crippen LogP contribution in [-0.2, 0) is 0 Å². The first kappa shape index (κ1) is 13.6. The molecule has 0 spiro atoms. The summed E-state index contributed by atoms with van der Waals surface area (Å²) in [6, 6.07) is 10.8. The Hall–Kier alpha value is -3.08. The van der Waals surface area contributed by atoms with E-state index in [2.05, 4.69) is 4.98 Å². The van der Waals surface area contributed by atoms with Crippen LogP contribution in [0, 0.1) is 0 Å². The number of carbonyl (C=O) groups is 1. The first-order valence-corrected chi connectivity index (χ1v) is 7.12. The second kappa shape index (κ2) is 4.71. The summed E-state index contributed by atoms with van der Waals surface area (Å²) in [7, 11) is 3.02. The Morgan fingerprint density at radius 2 is 1.65 bits per heavy atom. The highest BCUT2D eigenvalue weighted by Crippen LogP contribution is 2.45. The molecule has 5 heteroatoms. The van der Waals surface area contributed by atoms with E-state index >= 15 is 0 Å². The van der Waals surface area contributed by atoms with Gasteiger partial charge in [-0.3, -0.25) is 9.59 Å². The average molecular weight is 307 g/mol. The third-order valence-corrected chi connectivity index (χ3v) is 4.20. The standard InChI is InChI=1S/C18H13NO4/c1-22-12-8-7-11-14-13(12)9-5-3-4-6-10(9)16(20)15(14)19-18(21)17(11)23-2/h3-8H,1-2H3,(H,19,21). The number of hydrogen-bond acceptors (Lipinski definition) is 4. The molecule has 0 amide bonds. The van der Waals surface area contributed by atoms with E-state index in [1.807, 2.05) is 12.1 Å². The van der Waals surface area contributed by atoms with Crippen LogP contribution in [0.25, 0.3) is 21.9 Å². The molecule has 0 unspecified atom stereocenters. The quantitative estimate of drug-likeness (QED) is 0.618. The number of hydrogen-bond donors (Lipinski definition) is 1. The molecule has 0 aliphatic heterocycles. The lowest BCUT2D eigenvalue weighted by atomic mass is 9.84. The van der Waals surface area contributed by atoms with E-state index in [4.69, 9.17) is 9.47 Å². The first-order chi connectivity index (χ1) is 11.2. The summed E-state index contributed by atoms with van der Waals surface area (Å²) in [6.45, 7) is 0. The van der Waals surface area contributed by atoms with Crippen molar-refractivity contribution in [2.75, 3.05) is 14.2 Å². The number of methoxy groups -OCH3 is 2. The maximum Gasteiger partial charge on any atom is 0.291 e. The minimum absolute atomic E-state index is 0.194. The van der Waals surface area contributed by atoms with Gasteiger partial charge in [0.05, 0.1) is 19.9 Å². The Balaban J connectivity index is 2.30. The van der Waals surface area contributed by atoms with Gasteiger partial charge in [0.2, 0.25) is 5.78 Å². The van der Waals surface area contributed by atoms with Crippen molar-refractivity contribution in [1.82, 2.24) is 4.98 Å². The zero-order chi connectivity index (χ0) is 16.1. The summed E-state index contributed by atoms with van der Waals surface area (Å²) >= 11 is 0. The van der Waals surface area contributed by atoms with E-state index in [1.54, 1.807) is 31.4 Å². The predicted octanol–water partition coefficient (Wildman–Crippen LogP) is 2.76. The fourth-order valence-corrected chi connectivity index (χ4v) is 3.23. The molecular weight excluding hydrogens is 294 g/mol. The fraction of sp³-hybridized carbons (Fsp3) is 0.111. The van der Waals surface area contributed by atoms with Crippen molar-refractivity contribution in [2.45, 2.75) is 0 Å². The molecule has 0 saturated heterocycles. The molecule has 0 bridgehead atoms. The zero-order valence-electron chi connectivity index (χ0n) is 12.6. The number of benzene rings is 2. The predicted molar refractivity (Wildman–Crippen MR) is 86.5 cm³/mol. The summed E-state index contributed by atoms with van der Waals surface area (Å²) in [6.07, 6.45) is 0. The molecular formula is C18H13NO4. The maximum absolute atomic E-state index is 12.8. The van der Waals surface area contributed by atoms with Gasteiger partial charge in [-0.1, -0.05) is 24.3 Å². The van der Waals surface area contributed by atoms with Crippen molar-refractivity contribution in [3.8, 4) is 22.6 Å². The van der Waals surface area contributed by atoms with Crippen LogP contribution in [-0.4, -0.2) is 25.0 Å². The molecule has 5 nitrogen and oxygen atoms in total. The number of pyridine rings is 1. The van der Waals surface area contributed by atoms with E-state index in [1.165, 1.54) is 7.11 Å². The molecule has 1 heterocycles. The van der Waals surface area contributed by atoms with Crippen molar-refractivity contribution in [1.29, 1.82) is 0 Å². The molecule has 3 aromatic rings. The molecule has 0 saturated carbocycles. The number of H-pyrrole nitrogens is 1. The Morgan fingerprint density at radius 1 is 0.913 bits per heavy atom. The van der Waals surface area contributed by atoms with Crippen LogP contribution < -0.4 is 15.0 Å². The Morgan fingerprint density at radius 3 is 2.35 bits per heavy atom. The van der Waals surface area contributed by atoms with E-state index < -0.39 is 5.56 Å². The van der Waals surface area contributed by atoms with Gasteiger partial charge in [0, 0.05) is 21.9 Å². The largest absolute Gasteiger partial charge is 0.496 e. The van der Waals surface area contributed by atoms with Crippen molar-refractivity contribution in [2.24, 2.45) is 0 Å². The molecule has 1 N–H and O–H groups in total. The molecule has 4 rings (SSSR count). The fourth-order valence-electron chi connectivity index (χ4n) is 3.23. The van der Waals surface area contributed by atoms with Crippen LogP contribution in [0.1, 0.15) is 16.1 Å². The van der Waals surface area contributed by atoms with Crippen molar-refractivity contribution in [3.63, 3.8) is 0 Å². The lowest BCUT2D eigenvalue weighted by Crippen LogP contribution is -2.20. The van der Waals surface area contributed by atoms with E-state index in [0.717, 1.165) is 11.1 Å². The summed E-state index contributed by atoms with van der Waals surface area (Å²) in [4.78, 5) is 27.7. The van der Waals surface area contributed by atoms with Gasteiger partial charge in [-0.2, -0.15) is 0 Å². The zero-order valence-corrected chi connectivity index (χ0v) is 12.6. The van der Waals surface area contributed by atoms with E-state index in [9.17, 15) is 9.59 Å². The number of fused-ring (bicyclic) bond motifs is 2. The van der Waals surface area contributed by atoms with Crippen molar-refractivity contribution >= 4 is 16.6 Å². The molecule has 1 aliphatic rings. The van der Waals surface area contributed by atoms with Crippen LogP contribution in [0.15, 0.2) is 41.2 Å². The number of ketones is 1. The summed E-state index contributed by atoms with van der Waals surface area (Å²) in [5.74, 6) is 0.638. The van der Waals surface area contributed by atoms with Gasteiger partial charge in [-0.05, 0) is 17.7 Å². The summed E-state index contributed by atoms with van der Waals surface area (Å²) in [5.41, 5.74) is 2.00. The first-order valence-electron chi connectivity index (χ1n) is 7.12. The molecule has 2 aromatic carbocycles. The van der Waals surface area contributed by atoms with Crippen LogP contribution >= 0.6 is 0 Å². The normalized spacial score (nSPS) is 12.2. The van der Waals surface area contributed by atoms with Gasteiger partial charge in [-0.15, -0.1) is 0 Å². The number of ether oxygens (including phenoxy) is 2.